The molecule has 0 heterocycles. The minimum Gasteiger partial charge on any atom is -0.467 e. The van der Waals surface area contributed by atoms with Crippen LogP contribution in [0.1, 0.15) is 20.3 Å². The molecule has 1 amide bonds. The minimum atomic E-state index is -0.571. The van der Waals surface area contributed by atoms with Crippen LogP contribution in [0.4, 0.5) is 0 Å². The molecule has 0 spiro atoms. The molecule has 0 saturated heterocycles. The van der Waals surface area contributed by atoms with Crippen molar-refractivity contribution in [1.29, 1.82) is 0 Å². The fourth-order valence-corrected chi connectivity index (χ4v) is 0.874. The van der Waals surface area contributed by atoms with E-state index in [1.54, 1.807) is 6.08 Å². The first-order chi connectivity index (χ1) is 6.11. The number of ether oxygens (including phenoxy) is 1. The van der Waals surface area contributed by atoms with Crippen LogP contribution < -0.4 is 5.32 Å². The summed E-state index contributed by atoms with van der Waals surface area (Å²) in [6.45, 7) is 3.22. The molecule has 4 heteroatoms. The third-order valence-corrected chi connectivity index (χ3v) is 1.47. The van der Waals surface area contributed by atoms with Crippen LogP contribution >= 0.6 is 0 Å². The van der Waals surface area contributed by atoms with Gasteiger partial charge in [-0.3, -0.25) is 4.79 Å². The van der Waals surface area contributed by atoms with E-state index < -0.39 is 12.0 Å². The SMILES string of the molecule is C/C=C/C[C@@H](NC(C)=O)C(=O)OC. The summed E-state index contributed by atoms with van der Waals surface area (Å²) >= 11 is 0. The molecule has 0 fully saturated rings. The number of amides is 1. The summed E-state index contributed by atoms with van der Waals surface area (Å²) in [5, 5.41) is 2.50. The van der Waals surface area contributed by atoms with Gasteiger partial charge in [-0.05, 0) is 13.3 Å². The molecule has 0 rings (SSSR count). The zero-order valence-electron chi connectivity index (χ0n) is 8.16. The average Bonchev–Trinajstić information content (AvgIpc) is 2.10. The largest absolute Gasteiger partial charge is 0.467 e. The van der Waals surface area contributed by atoms with Gasteiger partial charge < -0.3 is 10.1 Å². The van der Waals surface area contributed by atoms with E-state index in [-0.39, 0.29) is 5.91 Å². The van der Waals surface area contributed by atoms with Crippen LogP contribution in [0, 0.1) is 0 Å². The van der Waals surface area contributed by atoms with Gasteiger partial charge in [0.2, 0.25) is 5.91 Å². The summed E-state index contributed by atoms with van der Waals surface area (Å²) in [6.07, 6.45) is 4.08. The highest BCUT2D eigenvalue weighted by atomic mass is 16.5. The Kier molecular flexibility index (Phi) is 5.59. The highest BCUT2D eigenvalue weighted by Gasteiger charge is 2.17. The summed E-state index contributed by atoms with van der Waals surface area (Å²) < 4.78 is 4.52. The summed E-state index contributed by atoms with van der Waals surface area (Å²) in [4.78, 5) is 21.8. The van der Waals surface area contributed by atoms with Crippen LogP contribution in [0.5, 0.6) is 0 Å². The quantitative estimate of drug-likeness (QED) is 0.516. The molecular weight excluding hydrogens is 170 g/mol. The van der Waals surface area contributed by atoms with E-state index in [1.165, 1.54) is 14.0 Å². The van der Waals surface area contributed by atoms with Crippen LogP contribution in [-0.2, 0) is 14.3 Å². The van der Waals surface area contributed by atoms with Crippen molar-refractivity contribution in [3.8, 4) is 0 Å². The monoisotopic (exact) mass is 185 g/mol. The third kappa shape index (κ3) is 5.00. The second-order valence-corrected chi connectivity index (χ2v) is 2.58. The lowest BCUT2D eigenvalue weighted by atomic mass is 10.2. The van der Waals surface area contributed by atoms with Crippen molar-refractivity contribution < 1.29 is 14.3 Å². The topological polar surface area (TPSA) is 55.4 Å². The van der Waals surface area contributed by atoms with Crippen molar-refractivity contribution in [3.05, 3.63) is 12.2 Å². The van der Waals surface area contributed by atoms with E-state index in [0.717, 1.165) is 0 Å². The third-order valence-electron chi connectivity index (χ3n) is 1.47. The van der Waals surface area contributed by atoms with Gasteiger partial charge in [0, 0.05) is 6.92 Å². The summed E-state index contributed by atoms with van der Waals surface area (Å²) in [6, 6.07) is -0.571. The fraction of sp³-hybridized carbons (Fsp3) is 0.556. The van der Waals surface area contributed by atoms with Crippen molar-refractivity contribution >= 4 is 11.9 Å². The van der Waals surface area contributed by atoms with E-state index in [2.05, 4.69) is 10.1 Å². The lowest BCUT2D eigenvalue weighted by Gasteiger charge is -2.12. The van der Waals surface area contributed by atoms with E-state index in [1.807, 2.05) is 13.0 Å². The van der Waals surface area contributed by atoms with Gasteiger partial charge in [-0.15, -0.1) is 0 Å². The smallest absolute Gasteiger partial charge is 0.328 e. The predicted molar refractivity (Wildman–Crippen MR) is 49.1 cm³/mol. The van der Waals surface area contributed by atoms with Crippen LogP contribution in [0.25, 0.3) is 0 Å². The van der Waals surface area contributed by atoms with Crippen LogP contribution in [0.2, 0.25) is 0 Å². The molecule has 0 aliphatic carbocycles. The molecular formula is C9H15NO3. The van der Waals surface area contributed by atoms with Gasteiger partial charge in [-0.2, -0.15) is 0 Å². The molecule has 0 unspecified atom stereocenters. The second kappa shape index (κ2) is 6.22. The molecule has 1 N–H and O–H groups in total. The Bertz CT molecular complexity index is 211. The fourth-order valence-electron chi connectivity index (χ4n) is 0.874. The molecule has 1 atom stereocenters. The molecule has 4 nitrogen and oxygen atoms in total. The van der Waals surface area contributed by atoms with Crippen LogP contribution in [-0.4, -0.2) is 25.0 Å². The molecule has 0 saturated carbocycles. The molecule has 0 bridgehead atoms. The van der Waals surface area contributed by atoms with E-state index in [4.69, 9.17) is 0 Å². The van der Waals surface area contributed by atoms with E-state index >= 15 is 0 Å². The Hall–Kier alpha value is -1.32. The molecule has 0 aromatic heterocycles. The summed E-state index contributed by atoms with van der Waals surface area (Å²) in [7, 11) is 1.30. The molecule has 0 radical (unpaired) electrons. The van der Waals surface area contributed by atoms with Gasteiger partial charge >= 0.3 is 5.97 Å². The van der Waals surface area contributed by atoms with Gasteiger partial charge in [0.05, 0.1) is 7.11 Å². The molecule has 0 aliphatic heterocycles. The highest BCUT2D eigenvalue weighted by molar-refractivity contribution is 5.83. The Labute approximate surface area is 78.0 Å². The molecule has 0 aromatic rings. The number of carbonyl (C=O) groups excluding carboxylic acids is 2. The molecule has 0 aromatic carbocycles. The van der Waals surface area contributed by atoms with E-state index in [9.17, 15) is 9.59 Å². The molecule has 74 valence electrons. The number of methoxy groups -OCH3 is 1. The molecule has 0 aliphatic rings. The maximum absolute atomic E-state index is 11.1. The van der Waals surface area contributed by atoms with Crippen molar-refractivity contribution in [2.45, 2.75) is 26.3 Å². The average molecular weight is 185 g/mol. The number of nitrogens with one attached hydrogen (secondary N) is 1. The Morgan fingerprint density at radius 3 is 2.54 bits per heavy atom. The van der Waals surface area contributed by atoms with Crippen molar-refractivity contribution in [1.82, 2.24) is 5.32 Å². The summed E-state index contributed by atoms with van der Waals surface area (Å²) in [5.74, 6) is -0.659. The zero-order valence-corrected chi connectivity index (χ0v) is 8.16. The first-order valence-corrected chi connectivity index (χ1v) is 4.08. The van der Waals surface area contributed by atoms with Crippen LogP contribution in [0.15, 0.2) is 12.2 Å². The number of carbonyl (C=O) groups is 2. The Morgan fingerprint density at radius 1 is 1.54 bits per heavy atom. The first kappa shape index (κ1) is 11.7. The number of esters is 1. The zero-order chi connectivity index (χ0) is 10.3. The maximum atomic E-state index is 11.1. The molecule has 13 heavy (non-hydrogen) atoms. The first-order valence-electron chi connectivity index (χ1n) is 4.08. The number of hydrogen-bond donors (Lipinski definition) is 1. The standard InChI is InChI=1S/C9H15NO3/c1-4-5-6-8(9(12)13-3)10-7(2)11/h4-5,8H,6H2,1-3H3,(H,10,11)/b5-4+/t8-/m1/s1. The maximum Gasteiger partial charge on any atom is 0.328 e. The lowest BCUT2D eigenvalue weighted by Crippen LogP contribution is -2.39. The van der Waals surface area contributed by atoms with Crippen LogP contribution in [0.3, 0.4) is 0 Å². The Balaban J connectivity index is 4.18. The van der Waals surface area contributed by atoms with Crippen molar-refractivity contribution in [3.63, 3.8) is 0 Å². The van der Waals surface area contributed by atoms with Crippen molar-refractivity contribution in [2.75, 3.05) is 7.11 Å². The minimum absolute atomic E-state index is 0.236. The predicted octanol–water partition coefficient (Wildman–Crippen LogP) is 0.630. The highest BCUT2D eigenvalue weighted by Crippen LogP contribution is 1.96. The van der Waals surface area contributed by atoms with Gasteiger partial charge in [0.1, 0.15) is 6.04 Å². The van der Waals surface area contributed by atoms with Gasteiger partial charge in [0.15, 0.2) is 0 Å². The van der Waals surface area contributed by atoms with Crippen molar-refractivity contribution in [2.24, 2.45) is 0 Å². The normalized spacial score (nSPS) is 12.5. The summed E-state index contributed by atoms with van der Waals surface area (Å²) in [5.41, 5.74) is 0. The second-order valence-electron chi connectivity index (χ2n) is 2.58. The van der Waals surface area contributed by atoms with Gasteiger partial charge in [0.25, 0.3) is 0 Å². The van der Waals surface area contributed by atoms with Gasteiger partial charge in [-0.25, -0.2) is 4.79 Å². The number of allylic oxidation sites excluding steroid dienone is 1. The Morgan fingerprint density at radius 2 is 2.15 bits per heavy atom. The van der Waals surface area contributed by atoms with E-state index in [0.29, 0.717) is 6.42 Å². The lowest BCUT2D eigenvalue weighted by molar-refractivity contribution is -0.144. The number of rotatable bonds is 4. The number of hydrogen-bond acceptors (Lipinski definition) is 3. The van der Waals surface area contributed by atoms with Gasteiger partial charge in [-0.1, -0.05) is 12.2 Å².